The fourth-order valence-electron chi connectivity index (χ4n) is 1.50. The molecule has 2 heteroatoms. The van der Waals surface area contributed by atoms with Crippen LogP contribution in [0.15, 0.2) is 36.4 Å². The lowest BCUT2D eigenvalue weighted by atomic mass is 10.1. The highest BCUT2D eigenvalue weighted by atomic mass is 127. The Bertz CT molecular complexity index is 451. The summed E-state index contributed by atoms with van der Waals surface area (Å²) in [5, 5.41) is 2.50. The number of hydrogen-bond acceptors (Lipinski definition) is 1. The smallest absolute Gasteiger partial charge is 0.139 e. The van der Waals surface area contributed by atoms with Crippen molar-refractivity contribution in [3.8, 4) is 5.75 Å². The van der Waals surface area contributed by atoms with Crippen LogP contribution < -0.4 is 4.74 Å². The number of fused-ring (bicyclic) bond motifs is 1. The van der Waals surface area contributed by atoms with Crippen LogP contribution >= 0.6 is 22.6 Å². The molecule has 72 valence electrons. The Hall–Kier alpha value is -0.770. The van der Waals surface area contributed by atoms with Crippen LogP contribution in [0.25, 0.3) is 10.8 Å². The molecular formula is C12H11IO. The van der Waals surface area contributed by atoms with E-state index >= 15 is 0 Å². The second-order valence-corrected chi connectivity index (χ2v) is 3.89. The molecule has 0 aromatic heterocycles. The molecule has 1 nitrogen and oxygen atoms in total. The van der Waals surface area contributed by atoms with E-state index in [9.17, 15) is 0 Å². The highest BCUT2D eigenvalue weighted by Gasteiger charge is 1.96. The molecule has 0 bridgehead atoms. The molecule has 2 aromatic carbocycles. The Morgan fingerprint density at radius 1 is 1.07 bits per heavy atom. The van der Waals surface area contributed by atoms with Crippen molar-refractivity contribution < 1.29 is 4.74 Å². The second kappa shape index (κ2) is 4.17. The molecule has 0 atom stereocenters. The van der Waals surface area contributed by atoms with Gasteiger partial charge in [0.15, 0.2) is 0 Å². The Morgan fingerprint density at radius 2 is 1.79 bits per heavy atom. The lowest BCUT2D eigenvalue weighted by Gasteiger charge is -2.04. The van der Waals surface area contributed by atoms with Gasteiger partial charge in [0.2, 0.25) is 0 Å². The maximum absolute atomic E-state index is 5.43. The fraction of sp³-hybridized carbons (Fsp3) is 0.167. The van der Waals surface area contributed by atoms with Crippen LogP contribution in [-0.2, 0) is 0 Å². The van der Waals surface area contributed by atoms with Gasteiger partial charge < -0.3 is 4.74 Å². The number of aryl methyl sites for hydroxylation is 1. The van der Waals surface area contributed by atoms with Crippen molar-refractivity contribution in [1.29, 1.82) is 0 Å². The van der Waals surface area contributed by atoms with E-state index in [0.29, 0.717) is 4.61 Å². The molecule has 0 saturated carbocycles. The minimum absolute atomic E-state index is 0.690. The SMILES string of the molecule is Cc1ccc2cc(OCI)ccc2c1. The van der Waals surface area contributed by atoms with E-state index in [2.05, 4.69) is 59.8 Å². The maximum Gasteiger partial charge on any atom is 0.139 e. The van der Waals surface area contributed by atoms with Crippen LogP contribution in [0.4, 0.5) is 0 Å². The van der Waals surface area contributed by atoms with Crippen LogP contribution in [0, 0.1) is 6.92 Å². The van der Waals surface area contributed by atoms with E-state index in [-0.39, 0.29) is 0 Å². The third-order valence-corrected chi connectivity index (χ3v) is 2.50. The average Bonchev–Trinajstić information content (AvgIpc) is 2.19. The molecule has 0 aliphatic carbocycles. The van der Waals surface area contributed by atoms with Gasteiger partial charge in [-0.2, -0.15) is 0 Å². The Balaban J connectivity index is 2.50. The van der Waals surface area contributed by atoms with Crippen molar-refractivity contribution in [3.05, 3.63) is 42.0 Å². The van der Waals surface area contributed by atoms with Gasteiger partial charge in [0.05, 0.1) is 0 Å². The zero-order chi connectivity index (χ0) is 9.97. The summed E-state index contributed by atoms with van der Waals surface area (Å²) < 4.78 is 6.12. The van der Waals surface area contributed by atoms with Crippen LogP contribution in [-0.4, -0.2) is 4.61 Å². The first kappa shape index (κ1) is 9.77. The summed E-state index contributed by atoms with van der Waals surface area (Å²) >= 11 is 2.20. The van der Waals surface area contributed by atoms with Gasteiger partial charge in [-0.05, 0) is 52.4 Å². The monoisotopic (exact) mass is 298 g/mol. The molecule has 0 heterocycles. The van der Waals surface area contributed by atoms with E-state index in [4.69, 9.17) is 4.74 Å². The van der Waals surface area contributed by atoms with Crippen molar-refractivity contribution in [3.63, 3.8) is 0 Å². The van der Waals surface area contributed by atoms with Crippen molar-refractivity contribution in [2.45, 2.75) is 6.92 Å². The summed E-state index contributed by atoms with van der Waals surface area (Å²) in [7, 11) is 0. The zero-order valence-corrected chi connectivity index (χ0v) is 10.1. The van der Waals surface area contributed by atoms with Crippen LogP contribution in [0.3, 0.4) is 0 Å². The normalized spacial score (nSPS) is 10.4. The first-order valence-corrected chi connectivity index (χ1v) is 6.01. The van der Waals surface area contributed by atoms with Gasteiger partial charge in [-0.25, -0.2) is 0 Å². The van der Waals surface area contributed by atoms with Gasteiger partial charge in [0, 0.05) is 0 Å². The minimum Gasteiger partial charge on any atom is -0.483 e. The van der Waals surface area contributed by atoms with Crippen molar-refractivity contribution in [2.24, 2.45) is 0 Å². The van der Waals surface area contributed by atoms with Gasteiger partial charge in [-0.1, -0.05) is 29.8 Å². The largest absolute Gasteiger partial charge is 0.483 e. The van der Waals surface area contributed by atoms with E-state index in [1.165, 1.54) is 16.3 Å². The molecule has 0 radical (unpaired) electrons. The topological polar surface area (TPSA) is 9.23 Å². The van der Waals surface area contributed by atoms with Gasteiger partial charge in [-0.15, -0.1) is 0 Å². The minimum atomic E-state index is 0.690. The molecule has 0 fully saturated rings. The van der Waals surface area contributed by atoms with E-state index in [1.54, 1.807) is 0 Å². The molecule has 2 rings (SSSR count). The standard InChI is InChI=1S/C12H11IO/c1-9-2-3-11-7-12(14-8-13)5-4-10(11)6-9/h2-7H,8H2,1H3. The predicted molar refractivity (Wildman–Crippen MR) is 68.2 cm³/mol. The maximum atomic E-state index is 5.43. The van der Waals surface area contributed by atoms with Gasteiger partial charge in [0.25, 0.3) is 0 Å². The first-order valence-electron chi connectivity index (χ1n) is 4.49. The molecule has 0 aliphatic heterocycles. The lowest BCUT2D eigenvalue weighted by Crippen LogP contribution is -1.87. The summed E-state index contributed by atoms with van der Waals surface area (Å²) in [6, 6.07) is 12.6. The lowest BCUT2D eigenvalue weighted by molar-refractivity contribution is 0.405. The molecule has 14 heavy (non-hydrogen) atoms. The van der Waals surface area contributed by atoms with E-state index in [0.717, 1.165) is 5.75 Å². The zero-order valence-electron chi connectivity index (χ0n) is 7.96. The van der Waals surface area contributed by atoms with Crippen LogP contribution in [0.5, 0.6) is 5.75 Å². The molecule has 2 aromatic rings. The van der Waals surface area contributed by atoms with Gasteiger partial charge >= 0.3 is 0 Å². The Kier molecular flexibility index (Phi) is 2.91. The third-order valence-electron chi connectivity index (χ3n) is 2.19. The van der Waals surface area contributed by atoms with E-state index < -0.39 is 0 Å². The number of halogens is 1. The highest BCUT2D eigenvalue weighted by molar-refractivity contribution is 14.1. The van der Waals surface area contributed by atoms with Crippen molar-refractivity contribution in [1.82, 2.24) is 0 Å². The van der Waals surface area contributed by atoms with Crippen LogP contribution in [0.1, 0.15) is 5.56 Å². The summed E-state index contributed by atoms with van der Waals surface area (Å²) in [6.45, 7) is 2.11. The summed E-state index contributed by atoms with van der Waals surface area (Å²) in [5.41, 5.74) is 1.29. The number of alkyl halides is 1. The van der Waals surface area contributed by atoms with Gasteiger partial charge in [-0.3, -0.25) is 0 Å². The Morgan fingerprint density at radius 3 is 2.57 bits per heavy atom. The quantitative estimate of drug-likeness (QED) is 0.603. The summed E-state index contributed by atoms with van der Waals surface area (Å²) in [6.07, 6.45) is 0. The fourth-order valence-corrected chi connectivity index (χ4v) is 1.86. The molecule has 0 N–H and O–H groups in total. The number of hydrogen-bond donors (Lipinski definition) is 0. The van der Waals surface area contributed by atoms with E-state index in [1.807, 2.05) is 6.07 Å². The summed E-state index contributed by atoms with van der Waals surface area (Å²) in [5.74, 6) is 0.941. The molecule has 0 unspecified atom stereocenters. The third kappa shape index (κ3) is 2.00. The first-order chi connectivity index (χ1) is 6.79. The Labute approximate surface area is 97.2 Å². The highest BCUT2D eigenvalue weighted by Crippen LogP contribution is 2.22. The van der Waals surface area contributed by atoms with Crippen LogP contribution in [0.2, 0.25) is 0 Å². The van der Waals surface area contributed by atoms with Crippen molar-refractivity contribution >= 4 is 33.4 Å². The van der Waals surface area contributed by atoms with Gasteiger partial charge in [0.1, 0.15) is 10.4 Å². The summed E-state index contributed by atoms with van der Waals surface area (Å²) in [4.78, 5) is 0. The average molecular weight is 298 g/mol. The number of benzene rings is 2. The molecular weight excluding hydrogens is 287 g/mol. The number of rotatable bonds is 2. The molecule has 0 saturated heterocycles. The molecule has 0 spiro atoms. The molecule has 0 amide bonds. The predicted octanol–water partition coefficient (Wildman–Crippen LogP) is 3.92. The van der Waals surface area contributed by atoms with Crippen molar-refractivity contribution in [2.75, 3.05) is 4.61 Å². The molecule has 0 aliphatic rings. The number of ether oxygens (including phenoxy) is 1. The second-order valence-electron chi connectivity index (χ2n) is 3.27.